The largest absolute Gasteiger partial charge is 0.326 e. The van der Waals surface area contributed by atoms with Crippen LogP contribution in [0.3, 0.4) is 0 Å². The number of sulfonamides is 1. The minimum atomic E-state index is -3.61. The Morgan fingerprint density at radius 3 is 2.61 bits per heavy atom. The number of hydrogen-bond acceptors (Lipinski definition) is 6. The zero-order valence-corrected chi connectivity index (χ0v) is 19.6. The minimum Gasteiger partial charge on any atom is -0.326 e. The normalized spacial score (nSPS) is 11.9. The number of anilines is 1. The number of amides is 1. The number of rotatable bonds is 8. The molecule has 0 aliphatic rings. The second-order valence-electron chi connectivity index (χ2n) is 7.12. The summed E-state index contributed by atoms with van der Waals surface area (Å²) in [6.07, 6.45) is 1.52. The van der Waals surface area contributed by atoms with Gasteiger partial charge in [-0.25, -0.2) is 13.4 Å². The van der Waals surface area contributed by atoms with Gasteiger partial charge in [-0.3, -0.25) is 14.2 Å². The molecule has 1 N–H and O–H groups in total. The van der Waals surface area contributed by atoms with Gasteiger partial charge in [-0.05, 0) is 37.6 Å². The summed E-state index contributed by atoms with van der Waals surface area (Å²) in [4.78, 5) is 31.4. The van der Waals surface area contributed by atoms with E-state index in [4.69, 9.17) is 0 Å². The number of carbonyl (C=O) groups excluding carboxylic acids is 1. The molecule has 10 heteroatoms. The molecular formula is C21H26N4O4S2. The summed E-state index contributed by atoms with van der Waals surface area (Å²) in [5.41, 5.74) is 1.15. The number of aromatic nitrogens is 2. The van der Waals surface area contributed by atoms with Crippen LogP contribution >= 0.6 is 11.3 Å². The van der Waals surface area contributed by atoms with Crippen molar-refractivity contribution in [3.63, 3.8) is 0 Å². The van der Waals surface area contributed by atoms with E-state index >= 15 is 0 Å². The van der Waals surface area contributed by atoms with Gasteiger partial charge in [0, 0.05) is 36.6 Å². The molecule has 3 rings (SSSR count). The van der Waals surface area contributed by atoms with E-state index < -0.39 is 10.0 Å². The molecule has 0 atom stereocenters. The number of thiophene rings is 1. The molecule has 1 aromatic carbocycles. The van der Waals surface area contributed by atoms with Gasteiger partial charge in [-0.1, -0.05) is 19.9 Å². The van der Waals surface area contributed by atoms with Gasteiger partial charge in [0.15, 0.2) is 0 Å². The molecule has 2 heterocycles. The van der Waals surface area contributed by atoms with Gasteiger partial charge in [-0.2, -0.15) is 4.31 Å². The average molecular weight is 463 g/mol. The summed E-state index contributed by atoms with van der Waals surface area (Å²) in [5.74, 6) is -0.317. The highest BCUT2D eigenvalue weighted by molar-refractivity contribution is 7.89. The molecule has 0 unspecified atom stereocenters. The SMILES string of the molecule is CCN(CC)S(=O)(=O)c1cccc(NC(=O)CCn2cnc3sc(C)c(C)c3c2=O)c1. The lowest BCUT2D eigenvalue weighted by atomic mass is 10.2. The Hall–Kier alpha value is -2.56. The highest BCUT2D eigenvalue weighted by Crippen LogP contribution is 2.25. The lowest BCUT2D eigenvalue weighted by Crippen LogP contribution is -2.30. The standard InChI is InChI=1S/C21H26N4O4S2/c1-5-25(6-2)31(28,29)17-9-7-8-16(12-17)23-18(26)10-11-24-13-22-20-19(21(24)27)14(3)15(4)30-20/h7-9,12-13H,5-6,10-11H2,1-4H3,(H,23,26). The van der Waals surface area contributed by atoms with Crippen LogP contribution in [0.15, 0.2) is 40.3 Å². The maximum Gasteiger partial charge on any atom is 0.262 e. The molecule has 0 fully saturated rings. The van der Waals surface area contributed by atoms with Gasteiger partial charge in [-0.15, -0.1) is 11.3 Å². The predicted octanol–water partition coefficient (Wildman–Crippen LogP) is 3.13. The number of aryl methyl sites for hydroxylation is 3. The van der Waals surface area contributed by atoms with Gasteiger partial charge in [0.05, 0.1) is 16.6 Å². The summed E-state index contributed by atoms with van der Waals surface area (Å²) < 4.78 is 28.2. The lowest BCUT2D eigenvalue weighted by Gasteiger charge is -2.18. The van der Waals surface area contributed by atoms with Crippen LogP contribution in [-0.4, -0.2) is 41.3 Å². The fourth-order valence-corrected chi connectivity index (χ4v) is 5.81. The first-order valence-corrected chi connectivity index (χ1v) is 12.3. The summed E-state index contributed by atoms with van der Waals surface area (Å²) in [5, 5.41) is 3.31. The third-order valence-corrected chi connectivity index (χ3v) is 8.36. The minimum absolute atomic E-state index is 0.0578. The highest BCUT2D eigenvalue weighted by atomic mass is 32.2. The van der Waals surface area contributed by atoms with Crippen molar-refractivity contribution in [1.82, 2.24) is 13.9 Å². The third kappa shape index (κ3) is 4.70. The molecular weight excluding hydrogens is 436 g/mol. The maximum absolute atomic E-state index is 12.7. The smallest absolute Gasteiger partial charge is 0.262 e. The van der Waals surface area contributed by atoms with Crippen LogP contribution in [-0.2, 0) is 21.4 Å². The predicted molar refractivity (Wildman–Crippen MR) is 123 cm³/mol. The van der Waals surface area contributed by atoms with Crippen molar-refractivity contribution >= 4 is 43.2 Å². The summed E-state index contributed by atoms with van der Waals surface area (Å²) in [6, 6.07) is 6.18. The fraction of sp³-hybridized carbons (Fsp3) is 0.381. The first-order chi connectivity index (χ1) is 14.7. The molecule has 1 amide bonds. The Balaban J connectivity index is 1.72. The zero-order chi connectivity index (χ0) is 22.8. The fourth-order valence-electron chi connectivity index (χ4n) is 3.32. The van der Waals surface area contributed by atoms with Crippen molar-refractivity contribution < 1.29 is 13.2 Å². The molecule has 166 valence electrons. The number of hydrogen-bond donors (Lipinski definition) is 1. The van der Waals surface area contributed by atoms with Crippen LogP contribution in [0.1, 0.15) is 30.7 Å². The molecule has 0 bridgehead atoms. The quantitative estimate of drug-likeness (QED) is 0.554. The Bertz CT molecular complexity index is 1270. The van der Waals surface area contributed by atoms with Gasteiger partial charge in [0.25, 0.3) is 5.56 Å². The van der Waals surface area contributed by atoms with Crippen molar-refractivity contribution in [1.29, 1.82) is 0 Å². The molecule has 0 radical (unpaired) electrons. The molecule has 3 aromatic rings. The van der Waals surface area contributed by atoms with E-state index in [9.17, 15) is 18.0 Å². The zero-order valence-electron chi connectivity index (χ0n) is 18.0. The molecule has 2 aromatic heterocycles. The van der Waals surface area contributed by atoms with Crippen molar-refractivity contribution in [2.24, 2.45) is 0 Å². The number of benzene rings is 1. The summed E-state index contributed by atoms with van der Waals surface area (Å²) in [7, 11) is -3.61. The van der Waals surface area contributed by atoms with Crippen LogP contribution < -0.4 is 10.9 Å². The third-order valence-electron chi connectivity index (χ3n) is 5.20. The molecule has 0 saturated heterocycles. The second kappa shape index (κ2) is 9.29. The molecule has 0 saturated carbocycles. The second-order valence-corrected chi connectivity index (χ2v) is 10.3. The van der Waals surface area contributed by atoms with Crippen LogP contribution in [0, 0.1) is 13.8 Å². The summed E-state index contributed by atoms with van der Waals surface area (Å²) in [6.45, 7) is 8.32. The Morgan fingerprint density at radius 1 is 1.23 bits per heavy atom. The van der Waals surface area contributed by atoms with Gasteiger partial charge < -0.3 is 5.32 Å². The topological polar surface area (TPSA) is 101 Å². The number of nitrogens with one attached hydrogen (secondary N) is 1. The van der Waals surface area contributed by atoms with Crippen LogP contribution in [0.2, 0.25) is 0 Å². The first-order valence-electron chi connectivity index (χ1n) is 10.0. The van der Waals surface area contributed by atoms with Gasteiger partial charge in [0.1, 0.15) is 4.83 Å². The average Bonchev–Trinajstić information content (AvgIpc) is 3.03. The van der Waals surface area contributed by atoms with Crippen molar-refractivity contribution in [2.45, 2.75) is 45.6 Å². The molecule has 0 spiro atoms. The van der Waals surface area contributed by atoms with E-state index in [-0.39, 0.29) is 29.3 Å². The van der Waals surface area contributed by atoms with E-state index in [1.165, 1.54) is 38.7 Å². The Morgan fingerprint density at radius 2 is 1.94 bits per heavy atom. The van der Waals surface area contributed by atoms with Crippen LogP contribution in [0.4, 0.5) is 5.69 Å². The summed E-state index contributed by atoms with van der Waals surface area (Å²) >= 11 is 1.48. The first kappa shape index (κ1) is 23.1. The number of carbonyl (C=O) groups is 1. The number of fused-ring (bicyclic) bond motifs is 1. The Kier molecular flexibility index (Phi) is 6.93. The van der Waals surface area contributed by atoms with Crippen molar-refractivity contribution in [2.75, 3.05) is 18.4 Å². The monoisotopic (exact) mass is 462 g/mol. The number of nitrogens with zero attached hydrogens (tertiary/aromatic N) is 3. The van der Waals surface area contributed by atoms with E-state index in [0.29, 0.717) is 29.0 Å². The highest BCUT2D eigenvalue weighted by Gasteiger charge is 2.22. The van der Waals surface area contributed by atoms with Crippen molar-refractivity contribution in [3.8, 4) is 0 Å². The lowest BCUT2D eigenvalue weighted by molar-refractivity contribution is -0.116. The van der Waals surface area contributed by atoms with E-state index in [1.807, 2.05) is 13.8 Å². The van der Waals surface area contributed by atoms with E-state index in [2.05, 4.69) is 10.3 Å². The van der Waals surface area contributed by atoms with E-state index in [1.54, 1.807) is 26.0 Å². The molecule has 31 heavy (non-hydrogen) atoms. The van der Waals surface area contributed by atoms with Crippen molar-refractivity contribution in [3.05, 3.63) is 51.4 Å². The molecule has 0 aliphatic heterocycles. The molecule has 8 nitrogen and oxygen atoms in total. The van der Waals surface area contributed by atoms with Gasteiger partial charge >= 0.3 is 0 Å². The maximum atomic E-state index is 12.7. The Labute approximate surface area is 185 Å². The molecule has 0 aliphatic carbocycles. The van der Waals surface area contributed by atoms with E-state index in [0.717, 1.165) is 10.4 Å². The van der Waals surface area contributed by atoms with Crippen LogP contribution in [0.5, 0.6) is 0 Å². The van der Waals surface area contributed by atoms with Crippen LogP contribution in [0.25, 0.3) is 10.2 Å². The van der Waals surface area contributed by atoms with Gasteiger partial charge in [0.2, 0.25) is 15.9 Å².